The first-order chi connectivity index (χ1) is 18.9. The van der Waals surface area contributed by atoms with Gasteiger partial charge in [0.25, 0.3) is 0 Å². The molecule has 1 aromatic carbocycles. The number of ketones is 5. The van der Waals surface area contributed by atoms with Crippen molar-refractivity contribution >= 4 is 28.9 Å². The molecule has 0 heterocycles. The van der Waals surface area contributed by atoms with Crippen molar-refractivity contribution in [1.82, 2.24) is 0 Å². The molecule has 0 amide bonds. The van der Waals surface area contributed by atoms with Crippen molar-refractivity contribution in [1.29, 1.82) is 0 Å². The lowest BCUT2D eigenvalue weighted by atomic mass is 9.75. The van der Waals surface area contributed by atoms with Crippen LogP contribution in [0.4, 0.5) is 0 Å². The first-order valence-electron chi connectivity index (χ1n) is 14.8. The minimum atomic E-state index is -0.0541. The number of hydrogen-bond donors (Lipinski definition) is 0. The van der Waals surface area contributed by atoms with Crippen LogP contribution in [0.25, 0.3) is 0 Å². The molecule has 0 N–H and O–H groups in total. The van der Waals surface area contributed by atoms with Crippen molar-refractivity contribution in [3.8, 4) is 0 Å². The zero-order valence-corrected chi connectivity index (χ0v) is 25.8. The molecule has 1 aliphatic carbocycles. The molecule has 2 rings (SSSR count). The minimum Gasteiger partial charge on any atom is -0.300 e. The third-order valence-electron chi connectivity index (χ3n) is 7.48. The lowest BCUT2D eigenvalue weighted by Crippen LogP contribution is -2.27. The Morgan fingerprint density at radius 3 is 2.27 bits per heavy atom. The van der Waals surface area contributed by atoms with E-state index in [9.17, 15) is 24.0 Å². The fourth-order valence-corrected chi connectivity index (χ4v) is 5.65. The Morgan fingerprint density at radius 2 is 1.70 bits per heavy atom. The molecule has 0 aromatic heterocycles. The van der Waals surface area contributed by atoms with E-state index in [2.05, 4.69) is 19.1 Å². The molecule has 220 valence electrons. The van der Waals surface area contributed by atoms with Gasteiger partial charge in [0.05, 0.1) is 6.42 Å². The first kappa shape index (κ1) is 35.1. The number of carbonyl (C=O) groups is 5. The third-order valence-corrected chi connectivity index (χ3v) is 7.48. The van der Waals surface area contributed by atoms with Gasteiger partial charge in [0.15, 0.2) is 5.78 Å². The van der Waals surface area contributed by atoms with Gasteiger partial charge >= 0.3 is 0 Å². The van der Waals surface area contributed by atoms with Gasteiger partial charge in [0.1, 0.15) is 23.1 Å². The monoisotopic (exact) mass is 550 g/mol. The van der Waals surface area contributed by atoms with Crippen LogP contribution in [-0.4, -0.2) is 28.9 Å². The molecule has 3 atom stereocenters. The van der Waals surface area contributed by atoms with Gasteiger partial charge in [-0.05, 0) is 83.8 Å². The van der Waals surface area contributed by atoms with Crippen LogP contribution in [0, 0.1) is 24.7 Å². The molecule has 1 aromatic rings. The normalized spacial score (nSPS) is 19.2. The number of aryl methyl sites for hydroxylation is 1. The van der Waals surface area contributed by atoms with Crippen molar-refractivity contribution in [3.05, 3.63) is 58.7 Å². The molecule has 0 bridgehead atoms. The van der Waals surface area contributed by atoms with E-state index >= 15 is 0 Å². The highest BCUT2D eigenvalue weighted by atomic mass is 16.2. The van der Waals surface area contributed by atoms with Gasteiger partial charge in [0, 0.05) is 30.7 Å². The van der Waals surface area contributed by atoms with Crippen molar-refractivity contribution in [3.63, 3.8) is 0 Å². The Morgan fingerprint density at radius 1 is 1.00 bits per heavy atom. The topological polar surface area (TPSA) is 85.3 Å². The van der Waals surface area contributed by atoms with Crippen molar-refractivity contribution in [2.45, 2.75) is 113 Å². The van der Waals surface area contributed by atoms with Crippen molar-refractivity contribution in [2.24, 2.45) is 17.8 Å². The lowest BCUT2D eigenvalue weighted by molar-refractivity contribution is -0.130. The highest BCUT2D eigenvalue weighted by Gasteiger charge is 2.29. The van der Waals surface area contributed by atoms with Gasteiger partial charge in [-0.25, -0.2) is 0 Å². The molecular weight excluding hydrogens is 500 g/mol. The molecule has 40 heavy (non-hydrogen) atoms. The van der Waals surface area contributed by atoms with Crippen LogP contribution in [0.2, 0.25) is 0 Å². The van der Waals surface area contributed by atoms with E-state index in [0.29, 0.717) is 36.5 Å². The van der Waals surface area contributed by atoms with E-state index in [0.717, 1.165) is 55.2 Å². The Kier molecular flexibility index (Phi) is 16.1. The molecule has 1 aliphatic rings. The van der Waals surface area contributed by atoms with Crippen LogP contribution < -0.4 is 0 Å². The second-order valence-corrected chi connectivity index (χ2v) is 11.5. The van der Waals surface area contributed by atoms with E-state index in [1.165, 1.54) is 20.8 Å². The first-order valence-corrected chi connectivity index (χ1v) is 14.8. The summed E-state index contributed by atoms with van der Waals surface area (Å²) in [4.78, 5) is 58.6. The van der Waals surface area contributed by atoms with E-state index in [-0.39, 0.29) is 41.4 Å². The van der Waals surface area contributed by atoms with Crippen LogP contribution in [-0.2, 0) is 25.6 Å². The van der Waals surface area contributed by atoms with E-state index in [1.54, 1.807) is 0 Å². The maximum absolute atomic E-state index is 12.6. The maximum atomic E-state index is 12.6. The predicted molar refractivity (Wildman–Crippen MR) is 163 cm³/mol. The molecule has 0 spiro atoms. The summed E-state index contributed by atoms with van der Waals surface area (Å²) in [7, 11) is 0. The third kappa shape index (κ3) is 13.4. The zero-order valence-electron chi connectivity index (χ0n) is 25.8. The fourth-order valence-electron chi connectivity index (χ4n) is 5.65. The van der Waals surface area contributed by atoms with Gasteiger partial charge in [-0.15, -0.1) is 0 Å². The predicted octanol–water partition coefficient (Wildman–Crippen LogP) is 7.96. The summed E-state index contributed by atoms with van der Waals surface area (Å²) in [5.41, 5.74) is 3.65. The SMILES string of the molecule is CC(=O)Cc1ccc(C)cc1C(C)=O.CCCC(CC1CC/C=C\C=C(\C)CC(=O)C1)C(CC)C(=O)CC(C)=O. The minimum absolute atomic E-state index is 0.0185. The quantitative estimate of drug-likeness (QED) is 0.195. The average molecular weight is 551 g/mol. The van der Waals surface area contributed by atoms with Crippen LogP contribution in [0.1, 0.15) is 121 Å². The van der Waals surface area contributed by atoms with Gasteiger partial charge < -0.3 is 0 Å². The highest BCUT2D eigenvalue weighted by Crippen LogP contribution is 2.33. The highest BCUT2D eigenvalue weighted by molar-refractivity contribution is 5.99. The molecule has 5 nitrogen and oxygen atoms in total. The van der Waals surface area contributed by atoms with Crippen molar-refractivity contribution < 1.29 is 24.0 Å². The summed E-state index contributed by atoms with van der Waals surface area (Å²) in [6, 6.07) is 5.61. The molecule has 0 aliphatic heterocycles. The average Bonchev–Trinajstić information content (AvgIpc) is 2.84. The fraction of sp³-hybridized carbons (Fsp3) is 0.571. The summed E-state index contributed by atoms with van der Waals surface area (Å²) in [5, 5.41) is 0. The zero-order chi connectivity index (χ0) is 30.2. The summed E-state index contributed by atoms with van der Waals surface area (Å²) in [6.07, 6.45) is 13.5. The number of carbonyl (C=O) groups excluding carboxylic acids is 5. The molecule has 3 unspecified atom stereocenters. The number of rotatable bonds is 12. The summed E-state index contributed by atoms with van der Waals surface area (Å²) >= 11 is 0. The Hall–Kier alpha value is -2.95. The maximum Gasteiger partial charge on any atom is 0.160 e. The molecule has 5 heteroatoms. The number of benzene rings is 1. The van der Waals surface area contributed by atoms with Crippen LogP contribution >= 0.6 is 0 Å². The van der Waals surface area contributed by atoms with E-state index in [4.69, 9.17) is 0 Å². The number of allylic oxidation sites excluding steroid dienone is 4. The van der Waals surface area contributed by atoms with Crippen molar-refractivity contribution in [2.75, 3.05) is 0 Å². The van der Waals surface area contributed by atoms with Gasteiger partial charge in [-0.3, -0.25) is 24.0 Å². The number of Topliss-reactive ketones (excluding diaryl/α,β-unsaturated/α-hetero) is 5. The molecule has 0 saturated heterocycles. The summed E-state index contributed by atoms with van der Waals surface area (Å²) in [5.74, 6) is 0.987. The van der Waals surface area contributed by atoms with Gasteiger partial charge in [-0.2, -0.15) is 0 Å². The molecule has 0 saturated carbocycles. The Labute approximate surface area is 241 Å². The molecule has 0 fully saturated rings. The second-order valence-electron chi connectivity index (χ2n) is 11.5. The van der Waals surface area contributed by atoms with Gasteiger partial charge in [0.2, 0.25) is 0 Å². The van der Waals surface area contributed by atoms with Crippen LogP contribution in [0.5, 0.6) is 0 Å². The second kappa shape index (κ2) is 18.4. The number of hydrogen-bond acceptors (Lipinski definition) is 5. The Balaban J connectivity index is 0.000000479. The smallest absolute Gasteiger partial charge is 0.160 e. The largest absolute Gasteiger partial charge is 0.300 e. The Bertz CT molecular complexity index is 1090. The van der Waals surface area contributed by atoms with Crippen LogP contribution in [0.3, 0.4) is 0 Å². The van der Waals surface area contributed by atoms with E-state index < -0.39 is 0 Å². The standard InChI is InChI=1S/C23H36O3.C12H14O2/c1-5-10-20(22(6-2)23(26)14-18(4)24)15-19-12-9-7-8-11-17(3)13-21(25)16-19;1-8-4-5-11(7-9(2)13)12(6-8)10(3)14/h7-8,11,19-20,22H,5-6,9-10,12-16H2,1-4H3;4-6H,7H2,1-3H3/b8-7-,17-11-;. The molecular formula is C35H50O5. The van der Waals surface area contributed by atoms with Gasteiger partial charge in [-0.1, -0.05) is 68.2 Å². The molecule has 0 radical (unpaired) electrons. The summed E-state index contributed by atoms with van der Waals surface area (Å²) in [6.45, 7) is 12.7. The lowest BCUT2D eigenvalue weighted by Gasteiger charge is -2.29. The van der Waals surface area contributed by atoms with E-state index in [1.807, 2.05) is 45.0 Å². The summed E-state index contributed by atoms with van der Waals surface area (Å²) < 4.78 is 0. The van der Waals surface area contributed by atoms with Crippen LogP contribution in [0.15, 0.2) is 42.0 Å².